The maximum absolute atomic E-state index is 12.5. The predicted molar refractivity (Wildman–Crippen MR) is 87.5 cm³/mol. The summed E-state index contributed by atoms with van der Waals surface area (Å²) in [7, 11) is 0. The van der Waals surface area contributed by atoms with Crippen LogP contribution in [0.2, 0.25) is 0 Å². The molecule has 0 saturated heterocycles. The highest BCUT2D eigenvalue weighted by atomic mass is 16.6. The molecule has 1 aliphatic carbocycles. The van der Waals surface area contributed by atoms with Gasteiger partial charge in [-0.3, -0.25) is 14.9 Å². The van der Waals surface area contributed by atoms with Gasteiger partial charge < -0.3 is 5.32 Å². The first-order valence-electron chi connectivity index (χ1n) is 7.67. The van der Waals surface area contributed by atoms with Crippen molar-refractivity contribution in [3.63, 3.8) is 0 Å². The Balaban J connectivity index is 1.75. The standard InChI is InChI=1S/C18H18N2O3/c1-12-7-8-14(20(22)23)11-16(12)18(21)19-17-10-9-15(17)13-5-3-2-4-6-13/h2-8,11,15,17H,9-10H2,1H3,(H,19,21)/t15-,17-/m1/s1. The van der Waals surface area contributed by atoms with E-state index in [-0.39, 0.29) is 17.6 Å². The predicted octanol–water partition coefficient (Wildman–Crippen LogP) is 3.58. The van der Waals surface area contributed by atoms with Crippen molar-refractivity contribution < 1.29 is 9.72 Å². The molecule has 5 heteroatoms. The minimum atomic E-state index is -0.480. The van der Waals surface area contributed by atoms with Gasteiger partial charge in [0.1, 0.15) is 0 Å². The Bertz CT molecular complexity index is 743. The van der Waals surface area contributed by atoms with Gasteiger partial charge in [0.15, 0.2) is 0 Å². The van der Waals surface area contributed by atoms with Crippen LogP contribution in [-0.2, 0) is 0 Å². The van der Waals surface area contributed by atoms with Crippen molar-refractivity contribution in [2.75, 3.05) is 0 Å². The molecule has 2 aromatic carbocycles. The molecule has 0 radical (unpaired) electrons. The number of non-ortho nitro benzene ring substituents is 1. The number of hydrogen-bond donors (Lipinski definition) is 1. The Morgan fingerprint density at radius 1 is 1.17 bits per heavy atom. The molecule has 0 bridgehead atoms. The number of carbonyl (C=O) groups excluding carboxylic acids is 1. The number of aryl methyl sites for hydroxylation is 1. The first kappa shape index (κ1) is 15.2. The zero-order valence-electron chi connectivity index (χ0n) is 12.9. The third kappa shape index (κ3) is 3.08. The van der Waals surface area contributed by atoms with E-state index in [2.05, 4.69) is 17.4 Å². The molecule has 2 atom stereocenters. The highest BCUT2D eigenvalue weighted by molar-refractivity contribution is 5.96. The number of benzene rings is 2. The number of rotatable bonds is 4. The second kappa shape index (κ2) is 6.20. The molecule has 0 heterocycles. The van der Waals surface area contributed by atoms with E-state index < -0.39 is 4.92 Å². The van der Waals surface area contributed by atoms with Crippen molar-refractivity contribution in [2.45, 2.75) is 31.7 Å². The number of carbonyl (C=O) groups is 1. The molecule has 0 spiro atoms. The molecule has 1 fully saturated rings. The van der Waals surface area contributed by atoms with Gasteiger partial charge in [0.2, 0.25) is 0 Å². The Hall–Kier alpha value is -2.69. The Labute approximate surface area is 134 Å². The van der Waals surface area contributed by atoms with Gasteiger partial charge in [-0.1, -0.05) is 36.4 Å². The summed E-state index contributed by atoms with van der Waals surface area (Å²) in [5.41, 5.74) is 2.27. The van der Waals surface area contributed by atoms with Gasteiger partial charge in [-0.2, -0.15) is 0 Å². The first-order valence-corrected chi connectivity index (χ1v) is 7.67. The van der Waals surface area contributed by atoms with Crippen molar-refractivity contribution in [3.8, 4) is 0 Å². The average Bonchev–Trinajstić information content (AvgIpc) is 2.52. The smallest absolute Gasteiger partial charge is 0.270 e. The lowest BCUT2D eigenvalue weighted by atomic mass is 9.75. The van der Waals surface area contributed by atoms with E-state index >= 15 is 0 Å². The van der Waals surface area contributed by atoms with E-state index in [1.807, 2.05) is 18.2 Å². The van der Waals surface area contributed by atoms with Crippen molar-refractivity contribution >= 4 is 11.6 Å². The van der Waals surface area contributed by atoms with Crippen LogP contribution in [0, 0.1) is 17.0 Å². The minimum absolute atomic E-state index is 0.0611. The van der Waals surface area contributed by atoms with E-state index in [9.17, 15) is 14.9 Å². The van der Waals surface area contributed by atoms with Crippen molar-refractivity contribution in [2.24, 2.45) is 0 Å². The molecule has 0 aromatic heterocycles. The van der Waals surface area contributed by atoms with Gasteiger partial charge in [-0.25, -0.2) is 0 Å². The molecule has 3 rings (SSSR count). The van der Waals surface area contributed by atoms with Crippen molar-refractivity contribution in [1.29, 1.82) is 0 Å². The molecular formula is C18H18N2O3. The second-order valence-corrected chi connectivity index (χ2v) is 5.93. The Morgan fingerprint density at radius 3 is 2.52 bits per heavy atom. The van der Waals surface area contributed by atoms with Gasteiger partial charge in [0.05, 0.1) is 4.92 Å². The van der Waals surface area contributed by atoms with Gasteiger partial charge in [0.25, 0.3) is 11.6 Å². The topological polar surface area (TPSA) is 72.2 Å². The van der Waals surface area contributed by atoms with Crippen molar-refractivity contribution in [3.05, 3.63) is 75.3 Å². The molecule has 1 amide bonds. The van der Waals surface area contributed by atoms with Crippen molar-refractivity contribution in [1.82, 2.24) is 5.32 Å². The van der Waals surface area contributed by atoms with Gasteiger partial charge >= 0.3 is 0 Å². The van der Waals surface area contributed by atoms with Gasteiger partial charge in [-0.05, 0) is 30.9 Å². The average molecular weight is 310 g/mol. The van der Waals surface area contributed by atoms with Crippen LogP contribution in [-0.4, -0.2) is 16.9 Å². The van der Waals surface area contributed by atoms with Crippen LogP contribution >= 0.6 is 0 Å². The first-order chi connectivity index (χ1) is 11.1. The van der Waals surface area contributed by atoms with Crippen LogP contribution < -0.4 is 5.32 Å². The summed E-state index contributed by atoms with van der Waals surface area (Å²) in [6.45, 7) is 1.79. The molecule has 2 aromatic rings. The van der Waals surface area contributed by atoms with Crippen LogP contribution in [0.25, 0.3) is 0 Å². The fourth-order valence-electron chi connectivity index (χ4n) is 2.99. The zero-order valence-corrected chi connectivity index (χ0v) is 12.9. The summed E-state index contributed by atoms with van der Waals surface area (Å²) in [5, 5.41) is 13.9. The maximum atomic E-state index is 12.5. The summed E-state index contributed by atoms with van der Waals surface area (Å²) in [6.07, 6.45) is 1.97. The van der Waals surface area contributed by atoms with Crippen LogP contribution in [0.5, 0.6) is 0 Å². The summed E-state index contributed by atoms with van der Waals surface area (Å²) in [4.78, 5) is 22.9. The SMILES string of the molecule is Cc1ccc([N+](=O)[O-])cc1C(=O)N[C@@H]1CC[C@@H]1c1ccccc1. The zero-order chi connectivity index (χ0) is 16.4. The lowest BCUT2D eigenvalue weighted by molar-refractivity contribution is -0.384. The highest BCUT2D eigenvalue weighted by Gasteiger charge is 2.33. The lowest BCUT2D eigenvalue weighted by Crippen LogP contribution is -2.45. The summed E-state index contributed by atoms with van der Waals surface area (Å²) >= 11 is 0. The van der Waals surface area contributed by atoms with Crippen LogP contribution in [0.1, 0.15) is 40.2 Å². The normalized spacial score (nSPS) is 19.7. The minimum Gasteiger partial charge on any atom is -0.349 e. The number of amides is 1. The number of hydrogen-bond acceptors (Lipinski definition) is 3. The molecule has 1 saturated carbocycles. The monoisotopic (exact) mass is 310 g/mol. The third-order valence-corrected chi connectivity index (χ3v) is 4.50. The van der Waals surface area contributed by atoms with E-state index in [0.29, 0.717) is 11.5 Å². The summed E-state index contributed by atoms with van der Waals surface area (Å²) in [5.74, 6) is 0.0796. The molecule has 5 nitrogen and oxygen atoms in total. The fraction of sp³-hybridized carbons (Fsp3) is 0.278. The van der Waals surface area contributed by atoms with E-state index in [4.69, 9.17) is 0 Å². The molecule has 23 heavy (non-hydrogen) atoms. The largest absolute Gasteiger partial charge is 0.349 e. The molecule has 118 valence electrons. The molecule has 0 unspecified atom stereocenters. The van der Waals surface area contributed by atoms with Crippen LogP contribution in [0.3, 0.4) is 0 Å². The van der Waals surface area contributed by atoms with E-state index in [0.717, 1.165) is 18.4 Å². The second-order valence-electron chi connectivity index (χ2n) is 5.93. The van der Waals surface area contributed by atoms with E-state index in [1.54, 1.807) is 13.0 Å². The highest BCUT2D eigenvalue weighted by Crippen LogP contribution is 2.37. The van der Waals surface area contributed by atoms with Gasteiger partial charge in [0, 0.05) is 29.7 Å². The summed E-state index contributed by atoms with van der Waals surface area (Å²) < 4.78 is 0. The number of nitrogens with one attached hydrogen (secondary N) is 1. The van der Waals surface area contributed by atoms with E-state index in [1.165, 1.54) is 17.7 Å². The third-order valence-electron chi connectivity index (χ3n) is 4.50. The number of nitro groups is 1. The quantitative estimate of drug-likeness (QED) is 0.693. The summed E-state index contributed by atoms with van der Waals surface area (Å²) in [6, 6.07) is 14.6. The Morgan fingerprint density at radius 2 is 1.91 bits per heavy atom. The lowest BCUT2D eigenvalue weighted by Gasteiger charge is -2.37. The molecule has 0 aliphatic heterocycles. The van der Waals surface area contributed by atoms with Gasteiger partial charge in [-0.15, -0.1) is 0 Å². The molecule has 1 N–H and O–H groups in total. The number of nitro benzene ring substituents is 1. The van der Waals surface area contributed by atoms with Crippen LogP contribution in [0.4, 0.5) is 5.69 Å². The van der Waals surface area contributed by atoms with Crippen LogP contribution in [0.15, 0.2) is 48.5 Å². The fourth-order valence-corrected chi connectivity index (χ4v) is 2.99. The molecule has 1 aliphatic rings. The Kier molecular flexibility index (Phi) is 4.10. The molecular weight excluding hydrogens is 292 g/mol. The number of nitrogens with zero attached hydrogens (tertiary/aromatic N) is 1. The maximum Gasteiger partial charge on any atom is 0.270 e.